The molecule has 0 saturated carbocycles. The number of nitrogens with one attached hydrogen (secondary N) is 1. The van der Waals surface area contributed by atoms with Gasteiger partial charge in [0.25, 0.3) is 5.54 Å². The zero-order chi connectivity index (χ0) is 17.4. The van der Waals surface area contributed by atoms with Crippen molar-refractivity contribution in [2.45, 2.75) is 24.4 Å². The van der Waals surface area contributed by atoms with Crippen molar-refractivity contribution in [1.29, 1.82) is 0 Å². The summed E-state index contributed by atoms with van der Waals surface area (Å²) in [5.74, 6) is -2.61. The van der Waals surface area contributed by atoms with Crippen molar-refractivity contribution in [2.75, 3.05) is 26.2 Å². The molecule has 0 aromatic carbocycles. The zero-order valence-electron chi connectivity index (χ0n) is 12.6. The maximum Gasteiger partial charge on any atom is 0.340 e. The van der Waals surface area contributed by atoms with Crippen molar-refractivity contribution >= 4 is 11.6 Å². The number of quaternary nitrogens is 1. The molecule has 2 bridgehead atoms. The third-order valence-electron chi connectivity index (χ3n) is 4.81. The van der Waals surface area contributed by atoms with Gasteiger partial charge in [-0.25, -0.2) is 0 Å². The lowest BCUT2D eigenvalue weighted by molar-refractivity contribution is -0.943. The highest BCUT2D eigenvalue weighted by Gasteiger charge is 2.76. The molecule has 1 unspecified atom stereocenters. The van der Waals surface area contributed by atoms with E-state index in [2.05, 4.69) is 0 Å². The summed E-state index contributed by atoms with van der Waals surface area (Å²) in [6.07, 6.45) is 1.57. The first-order valence-corrected chi connectivity index (χ1v) is 7.17. The van der Waals surface area contributed by atoms with E-state index in [1.807, 2.05) is 0 Å². The molecule has 0 spiro atoms. The summed E-state index contributed by atoms with van der Waals surface area (Å²) >= 11 is 0. The number of ketones is 2. The summed E-state index contributed by atoms with van der Waals surface area (Å²) in [5, 5.41) is 32.6. The molecule has 1 heterocycles. The van der Waals surface area contributed by atoms with Crippen molar-refractivity contribution in [3.05, 3.63) is 32.4 Å². The second-order valence-corrected chi connectivity index (χ2v) is 6.16. The molecule has 0 aromatic heterocycles. The number of rotatable bonds is 6. The minimum absolute atomic E-state index is 0.0547. The number of aliphatic hydroxyl groups excluding tert-OH is 1. The Morgan fingerprint density at radius 3 is 2.52 bits per heavy atom. The molecule has 10 heteroatoms. The largest absolute Gasteiger partial charge is 0.391 e. The fourth-order valence-electron chi connectivity index (χ4n) is 3.80. The van der Waals surface area contributed by atoms with Crippen LogP contribution in [0.3, 0.4) is 0 Å². The quantitative estimate of drug-likeness (QED) is 0.410. The molecule has 0 radical (unpaired) electrons. The van der Waals surface area contributed by atoms with E-state index in [0.717, 1.165) is 12.2 Å². The molecule has 1 aliphatic carbocycles. The summed E-state index contributed by atoms with van der Waals surface area (Å²) in [4.78, 5) is 46.3. The topological polar surface area (TPSA) is 145 Å². The van der Waals surface area contributed by atoms with E-state index < -0.39 is 44.8 Å². The van der Waals surface area contributed by atoms with Crippen LogP contribution < -0.4 is 4.90 Å². The Kier molecular flexibility index (Phi) is 4.31. The van der Waals surface area contributed by atoms with E-state index >= 15 is 0 Å². The van der Waals surface area contributed by atoms with Crippen LogP contribution in [-0.4, -0.2) is 63.8 Å². The predicted octanol–water partition coefficient (Wildman–Crippen LogP) is -2.36. The van der Waals surface area contributed by atoms with Gasteiger partial charge in [-0.2, -0.15) is 0 Å². The lowest BCUT2D eigenvalue weighted by Gasteiger charge is -2.45. The van der Waals surface area contributed by atoms with Crippen LogP contribution in [0.25, 0.3) is 0 Å². The number of carbonyl (C=O) groups excluding carboxylic acids is 2. The van der Waals surface area contributed by atoms with Gasteiger partial charge in [0.15, 0.2) is 13.1 Å². The molecule has 2 aliphatic rings. The first-order chi connectivity index (χ1) is 10.7. The van der Waals surface area contributed by atoms with Crippen LogP contribution in [0.4, 0.5) is 0 Å². The average Bonchev–Trinajstić information content (AvgIpc) is 2.44. The number of nitrogens with zero attached hydrogens (tertiary/aromatic N) is 2. The van der Waals surface area contributed by atoms with Crippen LogP contribution in [0.1, 0.15) is 13.3 Å². The molecule has 1 saturated heterocycles. The van der Waals surface area contributed by atoms with E-state index in [-0.39, 0.29) is 26.2 Å². The molecule has 0 aromatic rings. The molecular formula is C13H18N3O7+. The minimum Gasteiger partial charge on any atom is -0.391 e. The molecule has 4 atom stereocenters. The molecule has 10 nitrogen and oxygen atoms in total. The van der Waals surface area contributed by atoms with Crippen molar-refractivity contribution in [3.63, 3.8) is 0 Å². The number of hydrogen-bond acceptors (Lipinski definition) is 7. The number of carbonyl (C=O) groups is 2. The van der Waals surface area contributed by atoms with Gasteiger partial charge >= 0.3 is 5.54 Å². The zero-order valence-corrected chi connectivity index (χ0v) is 12.6. The third kappa shape index (κ3) is 2.43. The average molecular weight is 328 g/mol. The molecule has 0 amide bonds. The SMILES string of the molecule is CC(=O)C[C@@H]1[C@]2([N+](=O)[O-])C[NH+](CCO)C[C@]1([N+](=O)[O-])C=CC2=O. The van der Waals surface area contributed by atoms with Gasteiger partial charge in [0.05, 0.1) is 6.61 Å². The Labute approximate surface area is 131 Å². The van der Waals surface area contributed by atoms with E-state index in [9.17, 15) is 29.8 Å². The van der Waals surface area contributed by atoms with Gasteiger partial charge in [-0.1, -0.05) is 0 Å². The molecule has 1 aliphatic heterocycles. The van der Waals surface area contributed by atoms with Crippen LogP contribution in [-0.2, 0) is 9.59 Å². The number of likely N-dealkylation sites (tertiary alicyclic amines) is 1. The van der Waals surface area contributed by atoms with Gasteiger partial charge in [0.2, 0.25) is 5.78 Å². The Balaban J connectivity index is 2.67. The summed E-state index contributed by atoms with van der Waals surface area (Å²) in [6, 6.07) is 0. The van der Waals surface area contributed by atoms with Crippen LogP contribution >= 0.6 is 0 Å². The Morgan fingerprint density at radius 1 is 1.39 bits per heavy atom. The van der Waals surface area contributed by atoms with Gasteiger partial charge in [-0.3, -0.25) is 25.0 Å². The number of piperidine rings is 1. The normalized spacial score (nSPS) is 35.8. The molecule has 2 N–H and O–H groups in total. The Hall–Kier alpha value is -2.20. The maximum absolute atomic E-state index is 12.3. The van der Waals surface area contributed by atoms with E-state index in [0.29, 0.717) is 4.90 Å². The van der Waals surface area contributed by atoms with Crippen molar-refractivity contribution in [2.24, 2.45) is 5.92 Å². The van der Waals surface area contributed by atoms with Crippen molar-refractivity contribution in [1.82, 2.24) is 0 Å². The predicted molar refractivity (Wildman–Crippen MR) is 75.0 cm³/mol. The summed E-state index contributed by atoms with van der Waals surface area (Å²) in [5.41, 5.74) is -4.08. The first kappa shape index (κ1) is 17.2. The summed E-state index contributed by atoms with van der Waals surface area (Å²) < 4.78 is 0. The third-order valence-corrected chi connectivity index (χ3v) is 4.81. The molecular weight excluding hydrogens is 310 g/mol. The van der Waals surface area contributed by atoms with Gasteiger partial charge in [0, 0.05) is 22.3 Å². The highest BCUT2D eigenvalue weighted by molar-refractivity contribution is 5.99. The lowest BCUT2D eigenvalue weighted by Crippen LogP contribution is -3.19. The second kappa shape index (κ2) is 5.78. The van der Waals surface area contributed by atoms with Crippen molar-refractivity contribution < 1.29 is 29.4 Å². The molecule has 2 rings (SSSR count). The summed E-state index contributed by atoms with van der Waals surface area (Å²) in [6.45, 7) is 0.540. The van der Waals surface area contributed by atoms with E-state index in [4.69, 9.17) is 5.11 Å². The Morgan fingerprint density at radius 2 is 2.04 bits per heavy atom. The van der Waals surface area contributed by atoms with Gasteiger partial charge in [-0.15, -0.1) is 0 Å². The van der Waals surface area contributed by atoms with Crippen LogP contribution in [0.5, 0.6) is 0 Å². The van der Waals surface area contributed by atoms with Gasteiger partial charge < -0.3 is 14.8 Å². The monoisotopic (exact) mass is 328 g/mol. The first-order valence-electron chi connectivity index (χ1n) is 7.17. The fraction of sp³-hybridized carbons (Fsp3) is 0.692. The Bertz CT molecular complexity index is 604. The smallest absolute Gasteiger partial charge is 0.340 e. The highest BCUT2D eigenvalue weighted by Crippen LogP contribution is 2.42. The number of fused-ring (bicyclic) bond motifs is 2. The number of aliphatic hydroxyl groups is 1. The van der Waals surface area contributed by atoms with E-state index in [1.54, 1.807) is 0 Å². The van der Waals surface area contributed by atoms with Gasteiger partial charge in [-0.05, 0) is 13.0 Å². The molecule has 126 valence electrons. The number of nitro groups is 2. The fourth-order valence-corrected chi connectivity index (χ4v) is 3.80. The molecule has 23 heavy (non-hydrogen) atoms. The lowest BCUT2D eigenvalue weighted by atomic mass is 9.61. The highest BCUT2D eigenvalue weighted by atomic mass is 16.6. The van der Waals surface area contributed by atoms with E-state index in [1.165, 1.54) is 6.92 Å². The standard InChI is InChI=1S/C13H17N3O7/c1-9(18)6-10-12(15(20)21)3-2-11(19)13(10,16(22)23)8-14(7-12)4-5-17/h2-3,10,17H,4-8H2,1H3/p+1/t10-,12+,13+/m0/s1. The number of hydrogen-bond donors (Lipinski definition) is 2. The van der Waals surface area contributed by atoms with Gasteiger partial charge in [0.1, 0.15) is 18.2 Å². The molecule has 1 fully saturated rings. The minimum atomic E-state index is -2.21. The van der Waals surface area contributed by atoms with Crippen LogP contribution in [0, 0.1) is 26.1 Å². The number of Topliss-reactive ketones (excluding diaryl/α,β-unsaturated/α-hetero) is 1. The maximum atomic E-state index is 12.3. The van der Waals surface area contributed by atoms with Crippen LogP contribution in [0.15, 0.2) is 12.2 Å². The second-order valence-electron chi connectivity index (χ2n) is 6.16. The summed E-state index contributed by atoms with van der Waals surface area (Å²) in [7, 11) is 0. The van der Waals surface area contributed by atoms with Crippen molar-refractivity contribution in [3.8, 4) is 0 Å². The van der Waals surface area contributed by atoms with Crippen LogP contribution in [0.2, 0.25) is 0 Å².